The van der Waals surface area contributed by atoms with Crippen LogP contribution in [0.1, 0.15) is 17.2 Å². The predicted octanol–water partition coefficient (Wildman–Crippen LogP) is 3.42. The van der Waals surface area contributed by atoms with Crippen molar-refractivity contribution in [2.75, 3.05) is 0 Å². The summed E-state index contributed by atoms with van der Waals surface area (Å²) >= 11 is 3.19. The molecule has 0 saturated carbocycles. The second-order valence-electron chi connectivity index (χ2n) is 3.90. The topological polar surface area (TPSA) is 38.0 Å². The lowest BCUT2D eigenvalue weighted by Gasteiger charge is -2.19. The lowest BCUT2D eigenvalue weighted by molar-refractivity contribution is 0.521. The van der Waals surface area contributed by atoms with Crippen molar-refractivity contribution < 1.29 is 13.2 Å². The molecule has 3 N–H and O–H groups in total. The van der Waals surface area contributed by atoms with Crippen molar-refractivity contribution in [3.8, 4) is 0 Å². The zero-order valence-electron chi connectivity index (χ0n) is 9.63. The summed E-state index contributed by atoms with van der Waals surface area (Å²) in [4.78, 5) is 0. The van der Waals surface area contributed by atoms with E-state index in [9.17, 15) is 13.2 Å². The largest absolute Gasteiger partial charge is 0.271 e. The fourth-order valence-corrected chi connectivity index (χ4v) is 2.42. The van der Waals surface area contributed by atoms with Crippen LogP contribution in [0.2, 0.25) is 0 Å². The highest BCUT2D eigenvalue weighted by atomic mass is 79.9. The van der Waals surface area contributed by atoms with E-state index in [2.05, 4.69) is 21.4 Å². The van der Waals surface area contributed by atoms with E-state index in [4.69, 9.17) is 5.84 Å². The average molecular weight is 331 g/mol. The summed E-state index contributed by atoms with van der Waals surface area (Å²) in [6, 6.07) is 6.50. The Labute approximate surface area is 116 Å². The Morgan fingerprint density at radius 2 is 1.79 bits per heavy atom. The summed E-state index contributed by atoms with van der Waals surface area (Å²) in [6.45, 7) is 0. The molecule has 2 rings (SSSR count). The molecular formula is C13H10BrF3N2. The molecule has 6 heteroatoms. The fraction of sp³-hybridized carbons (Fsp3) is 0.0769. The number of halogens is 4. The summed E-state index contributed by atoms with van der Waals surface area (Å²) in [7, 11) is 0. The van der Waals surface area contributed by atoms with Gasteiger partial charge in [-0.15, -0.1) is 0 Å². The van der Waals surface area contributed by atoms with Crippen LogP contribution in [0.15, 0.2) is 40.9 Å². The van der Waals surface area contributed by atoms with Gasteiger partial charge in [0.15, 0.2) is 0 Å². The van der Waals surface area contributed by atoms with E-state index in [-0.39, 0.29) is 11.1 Å². The molecular weight excluding hydrogens is 321 g/mol. The number of nitrogens with one attached hydrogen (secondary N) is 1. The van der Waals surface area contributed by atoms with Gasteiger partial charge in [0.1, 0.15) is 17.5 Å². The monoisotopic (exact) mass is 330 g/mol. The van der Waals surface area contributed by atoms with E-state index in [0.29, 0.717) is 4.47 Å². The van der Waals surface area contributed by atoms with Gasteiger partial charge in [-0.2, -0.15) is 0 Å². The van der Waals surface area contributed by atoms with Crippen LogP contribution in [0.25, 0.3) is 0 Å². The molecule has 1 atom stereocenters. The minimum absolute atomic E-state index is 0.0645. The van der Waals surface area contributed by atoms with Crippen molar-refractivity contribution in [1.29, 1.82) is 0 Å². The molecule has 1 unspecified atom stereocenters. The Morgan fingerprint density at radius 1 is 1.05 bits per heavy atom. The number of benzene rings is 2. The Hall–Kier alpha value is -1.37. The van der Waals surface area contributed by atoms with Crippen LogP contribution in [-0.2, 0) is 0 Å². The molecule has 0 aliphatic rings. The number of rotatable bonds is 3. The van der Waals surface area contributed by atoms with Crippen molar-refractivity contribution in [3.63, 3.8) is 0 Å². The van der Waals surface area contributed by atoms with E-state index >= 15 is 0 Å². The van der Waals surface area contributed by atoms with Gasteiger partial charge < -0.3 is 0 Å². The third-order valence-electron chi connectivity index (χ3n) is 2.73. The molecule has 19 heavy (non-hydrogen) atoms. The van der Waals surface area contributed by atoms with Gasteiger partial charge in [-0.1, -0.05) is 28.1 Å². The summed E-state index contributed by atoms with van der Waals surface area (Å²) in [5.41, 5.74) is 2.57. The van der Waals surface area contributed by atoms with Gasteiger partial charge >= 0.3 is 0 Å². The van der Waals surface area contributed by atoms with Crippen molar-refractivity contribution in [2.45, 2.75) is 6.04 Å². The number of hydrogen-bond donors (Lipinski definition) is 2. The van der Waals surface area contributed by atoms with Crippen LogP contribution in [0.4, 0.5) is 13.2 Å². The molecule has 0 saturated heterocycles. The van der Waals surface area contributed by atoms with Gasteiger partial charge in [0.05, 0.1) is 6.04 Å². The van der Waals surface area contributed by atoms with Gasteiger partial charge in [0.25, 0.3) is 0 Å². The smallest absolute Gasteiger partial charge is 0.131 e. The summed E-state index contributed by atoms with van der Waals surface area (Å²) in [6.07, 6.45) is 0. The Morgan fingerprint density at radius 3 is 2.37 bits per heavy atom. The zero-order valence-corrected chi connectivity index (χ0v) is 11.2. The zero-order chi connectivity index (χ0) is 14.0. The third kappa shape index (κ3) is 2.80. The number of hydrogen-bond acceptors (Lipinski definition) is 2. The van der Waals surface area contributed by atoms with E-state index < -0.39 is 23.5 Å². The normalized spacial score (nSPS) is 12.5. The van der Waals surface area contributed by atoms with Crippen LogP contribution in [0.5, 0.6) is 0 Å². The van der Waals surface area contributed by atoms with Gasteiger partial charge in [-0.3, -0.25) is 5.84 Å². The molecule has 2 aromatic rings. The minimum Gasteiger partial charge on any atom is -0.271 e. The van der Waals surface area contributed by atoms with E-state index in [1.807, 2.05) is 0 Å². The Balaban J connectivity index is 2.56. The highest BCUT2D eigenvalue weighted by Crippen LogP contribution is 2.31. The van der Waals surface area contributed by atoms with Crippen molar-refractivity contribution in [2.24, 2.45) is 5.84 Å². The molecule has 0 spiro atoms. The highest BCUT2D eigenvalue weighted by molar-refractivity contribution is 9.10. The van der Waals surface area contributed by atoms with E-state index in [1.165, 1.54) is 18.2 Å². The molecule has 2 aromatic carbocycles. The second-order valence-corrected chi connectivity index (χ2v) is 4.76. The first-order chi connectivity index (χ1) is 9.04. The molecule has 2 nitrogen and oxygen atoms in total. The lowest BCUT2D eigenvalue weighted by Crippen LogP contribution is -2.30. The molecule has 0 aliphatic carbocycles. The summed E-state index contributed by atoms with van der Waals surface area (Å²) < 4.78 is 41.0. The molecule has 0 aromatic heterocycles. The third-order valence-corrected chi connectivity index (χ3v) is 3.42. The molecule has 0 heterocycles. The van der Waals surface area contributed by atoms with Gasteiger partial charge in [0, 0.05) is 21.7 Å². The second kappa shape index (κ2) is 5.73. The van der Waals surface area contributed by atoms with Gasteiger partial charge in [-0.05, 0) is 18.2 Å². The minimum atomic E-state index is -0.920. The first kappa shape index (κ1) is 14.0. The van der Waals surface area contributed by atoms with Crippen LogP contribution in [0.3, 0.4) is 0 Å². The predicted molar refractivity (Wildman–Crippen MR) is 69.6 cm³/mol. The highest BCUT2D eigenvalue weighted by Gasteiger charge is 2.22. The van der Waals surface area contributed by atoms with E-state index in [1.54, 1.807) is 6.07 Å². The molecule has 100 valence electrons. The van der Waals surface area contributed by atoms with Crippen molar-refractivity contribution >= 4 is 15.9 Å². The fourth-order valence-electron chi connectivity index (χ4n) is 1.85. The first-order valence-electron chi connectivity index (χ1n) is 5.39. The standard InChI is InChI=1S/C13H10BrF3N2/c14-9-2-1-3-10(16)12(9)13(19-18)8-5-4-7(15)6-11(8)17/h1-6,13,19H,18H2. The van der Waals surface area contributed by atoms with Crippen LogP contribution >= 0.6 is 15.9 Å². The Bertz CT molecular complexity index is 584. The Kier molecular flexibility index (Phi) is 4.24. The van der Waals surface area contributed by atoms with Gasteiger partial charge in [0.2, 0.25) is 0 Å². The maximum Gasteiger partial charge on any atom is 0.131 e. The molecule has 0 aliphatic heterocycles. The van der Waals surface area contributed by atoms with Crippen LogP contribution in [-0.4, -0.2) is 0 Å². The van der Waals surface area contributed by atoms with E-state index in [0.717, 1.165) is 12.1 Å². The van der Waals surface area contributed by atoms with Gasteiger partial charge in [-0.25, -0.2) is 18.6 Å². The molecule has 0 fully saturated rings. The van der Waals surface area contributed by atoms with Crippen molar-refractivity contribution in [3.05, 3.63) is 69.4 Å². The molecule has 0 radical (unpaired) electrons. The number of nitrogens with two attached hydrogens (primary N) is 1. The number of hydrazine groups is 1. The SMILES string of the molecule is NNC(c1ccc(F)cc1F)c1c(F)cccc1Br. The first-order valence-corrected chi connectivity index (χ1v) is 6.19. The lowest BCUT2D eigenvalue weighted by atomic mass is 9.98. The van der Waals surface area contributed by atoms with Crippen LogP contribution < -0.4 is 11.3 Å². The molecule has 0 amide bonds. The maximum absolute atomic E-state index is 13.9. The quantitative estimate of drug-likeness (QED) is 0.668. The van der Waals surface area contributed by atoms with Crippen LogP contribution in [0, 0.1) is 17.5 Å². The average Bonchev–Trinajstić information content (AvgIpc) is 2.35. The molecule has 0 bridgehead atoms. The summed E-state index contributed by atoms with van der Waals surface area (Å²) in [5, 5.41) is 0. The van der Waals surface area contributed by atoms with Crippen molar-refractivity contribution in [1.82, 2.24) is 5.43 Å². The maximum atomic E-state index is 13.9. The summed E-state index contributed by atoms with van der Waals surface area (Å²) in [5.74, 6) is 3.35.